The molecule has 36 heavy (non-hydrogen) atoms. The highest BCUT2D eigenvalue weighted by Gasteiger charge is 2.58. The Morgan fingerprint density at radius 2 is 1.97 bits per heavy atom. The third kappa shape index (κ3) is 5.02. The summed E-state index contributed by atoms with van der Waals surface area (Å²) < 4.78 is 11.9. The molecular formula is C28H34BrNO6. The van der Waals surface area contributed by atoms with Crippen molar-refractivity contribution in [1.29, 1.82) is 0 Å². The smallest absolute Gasteiger partial charge is 0.423 e. The van der Waals surface area contributed by atoms with Crippen molar-refractivity contribution in [2.24, 2.45) is 17.8 Å². The number of carbonyl (C=O) groups is 3. The molecule has 2 heterocycles. The molecule has 0 spiro atoms. The summed E-state index contributed by atoms with van der Waals surface area (Å²) in [4.78, 5) is 39.0. The molecule has 0 saturated carbocycles. The number of rotatable bonds is 8. The Morgan fingerprint density at radius 1 is 1.19 bits per heavy atom. The maximum absolute atomic E-state index is 13.2. The standard InChI is InChI=1S/C28H34BrNO6/c1-4-6-16(12-18-13-19(29)9-10-22(18)31)8-11-23-24-17(7-5-2)14-20-25(21(24)15-36-23)27(33)30(26(20)32)28(34)35-3/h9-10,12-13,20-21,23,25,31H,4-8,11,14-15H2,1-3H3/b16-12+/t20-,21+,23-,25-/m1/s1. The summed E-state index contributed by atoms with van der Waals surface area (Å²) in [6.45, 7) is 4.62. The van der Waals surface area contributed by atoms with Crippen molar-refractivity contribution in [3.63, 3.8) is 0 Å². The number of hydrogen-bond donors (Lipinski definition) is 1. The highest BCUT2D eigenvalue weighted by Crippen LogP contribution is 2.50. The maximum Gasteiger partial charge on any atom is 0.423 e. The third-order valence-electron chi connectivity index (χ3n) is 7.56. The summed E-state index contributed by atoms with van der Waals surface area (Å²) in [5.74, 6) is -1.94. The van der Waals surface area contributed by atoms with Crippen LogP contribution in [0.25, 0.3) is 6.08 Å². The molecule has 4 rings (SSSR count). The van der Waals surface area contributed by atoms with Crippen LogP contribution in [0.4, 0.5) is 4.79 Å². The second kappa shape index (κ2) is 11.3. The average Bonchev–Trinajstić information content (AvgIpc) is 3.38. The monoisotopic (exact) mass is 559 g/mol. The fraction of sp³-hybridized carbons (Fsp3) is 0.536. The van der Waals surface area contributed by atoms with Crippen molar-refractivity contribution >= 4 is 39.9 Å². The highest BCUT2D eigenvalue weighted by atomic mass is 79.9. The van der Waals surface area contributed by atoms with E-state index in [1.54, 1.807) is 6.07 Å². The van der Waals surface area contributed by atoms with Crippen LogP contribution in [0.15, 0.2) is 39.4 Å². The summed E-state index contributed by atoms with van der Waals surface area (Å²) in [5.41, 5.74) is 4.37. The third-order valence-corrected chi connectivity index (χ3v) is 8.06. The Kier molecular flexibility index (Phi) is 8.35. The number of hydrogen-bond acceptors (Lipinski definition) is 6. The molecule has 1 aromatic carbocycles. The number of imide groups is 3. The van der Waals surface area contributed by atoms with Crippen LogP contribution in [-0.4, -0.2) is 47.7 Å². The lowest BCUT2D eigenvalue weighted by molar-refractivity contribution is -0.137. The number of likely N-dealkylation sites (tertiary alicyclic amines) is 1. The second-order valence-electron chi connectivity index (χ2n) is 9.85. The lowest BCUT2D eigenvalue weighted by atomic mass is 9.68. The van der Waals surface area contributed by atoms with Gasteiger partial charge in [-0.2, -0.15) is 4.90 Å². The molecule has 7 nitrogen and oxygen atoms in total. The number of fused-ring (bicyclic) bond motifs is 3. The number of amides is 3. The molecule has 1 N–H and O–H groups in total. The van der Waals surface area contributed by atoms with Gasteiger partial charge >= 0.3 is 6.09 Å². The van der Waals surface area contributed by atoms with E-state index in [4.69, 9.17) is 9.47 Å². The van der Waals surface area contributed by atoms with Crippen molar-refractivity contribution in [3.8, 4) is 5.75 Å². The van der Waals surface area contributed by atoms with Gasteiger partial charge in [0.2, 0.25) is 11.8 Å². The molecule has 3 aliphatic rings. The van der Waals surface area contributed by atoms with E-state index in [9.17, 15) is 19.5 Å². The number of benzene rings is 1. The number of aromatic hydroxyl groups is 1. The van der Waals surface area contributed by atoms with Crippen LogP contribution in [0, 0.1) is 17.8 Å². The van der Waals surface area contributed by atoms with Gasteiger partial charge in [0.15, 0.2) is 0 Å². The Labute approximate surface area is 220 Å². The second-order valence-corrected chi connectivity index (χ2v) is 10.8. The number of carbonyl (C=O) groups excluding carboxylic acids is 3. The first-order chi connectivity index (χ1) is 17.3. The Morgan fingerprint density at radius 3 is 2.67 bits per heavy atom. The van der Waals surface area contributed by atoms with E-state index in [0.717, 1.165) is 54.1 Å². The number of ether oxygens (including phenoxy) is 2. The first-order valence-corrected chi connectivity index (χ1v) is 13.6. The minimum absolute atomic E-state index is 0.121. The van der Waals surface area contributed by atoms with Gasteiger partial charge in [-0.25, -0.2) is 4.79 Å². The van der Waals surface area contributed by atoms with E-state index in [1.807, 2.05) is 12.1 Å². The summed E-state index contributed by atoms with van der Waals surface area (Å²) in [7, 11) is 1.18. The molecule has 2 saturated heterocycles. The van der Waals surface area contributed by atoms with Gasteiger partial charge in [-0.05, 0) is 55.9 Å². The zero-order valence-corrected chi connectivity index (χ0v) is 22.7. The van der Waals surface area contributed by atoms with Gasteiger partial charge in [-0.15, -0.1) is 0 Å². The van der Waals surface area contributed by atoms with Crippen LogP contribution in [0.2, 0.25) is 0 Å². The summed E-state index contributed by atoms with van der Waals surface area (Å²) >= 11 is 3.48. The van der Waals surface area contributed by atoms with Crippen LogP contribution < -0.4 is 0 Å². The van der Waals surface area contributed by atoms with Gasteiger partial charge in [-0.3, -0.25) is 9.59 Å². The number of allylic oxidation sites excluding steroid dienone is 2. The van der Waals surface area contributed by atoms with Crippen molar-refractivity contribution in [2.75, 3.05) is 13.7 Å². The molecule has 0 radical (unpaired) electrons. The predicted octanol–water partition coefficient (Wildman–Crippen LogP) is 6.00. The van der Waals surface area contributed by atoms with E-state index in [-0.39, 0.29) is 17.8 Å². The number of methoxy groups -OCH3 is 1. The molecule has 1 aromatic rings. The molecule has 0 aromatic heterocycles. The lowest BCUT2D eigenvalue weighted by Gasteiger charge is -2.32. The van der Waals surface area contributed by atoms with E-state index in [2.05, 4.69) is 35.9 Å². The summed E-state index contributed by atoms with van der Waals surface area (Å²) in [6, 6.07) is 5.40. The topological polar surface area (TPSA) is 93.1 Å². The minimum Gasteiger partial charge on any atom is -0.507 e. The molecule has 8 heteroatoms. The van der Waals surface area contributed by atoms with Crippen molar-refractivity contribution in [2.45, 2.75) is 64.9 Å². The molecule has 3 amide bonds. The predicted molar refractivity (Wildman–Crippen MR) is 139 cm³/mol. The van der Waals surface area contributed by atoms with Gasteiger partial charge in [0.25, 0.3) is 0 Å². The Hall–Kier alpha value is -2.45. The van der Waals surface area contributed by atoms with Gasteiger partial charge < -0.3 is 14.6 Å². The fourth-order valence-corrected chi connectivity index (χ4v) is 6.43. The number of phenolic OH excluding ortho intramolecular Hbond substituents is 1. The van der Waals surface area contributed by atoms with Gasteiger partial charge in [0.05, 0.1) is 31.7 Å². The van der Waals surface area contributed by atoms with Gasteiger partial charge in [-0.1, -0.05) is 59.8 Å². The number of nitrogens with zero attached hydrogens (tertiary/aromatic N) is 1. The number of halogens is 1. The van der Waals surface area contributed by atoms with Crippen LogP contribution in [0.1, 0.15) is 64.4 Å². The van der Waals surface area contributed by atoms with E-state index < -0.39 is 29.7 Å². The molecule has 0 bridgehead atoms. The number of phenols is 1. The van der Waals surface area contributed by atoms with Gasteiger partial charge in [0, 0.05) is 16.0 Å². The van der Waals surface area contributed by atoms with E-state index >= 15 is 0 Å². The maximum atomic E-state index is 13.2. The largest absolute Gasteiger partial charge is 0.507 e. The molecule has 0 unspecified atom stereocenters. The van der Waals surface area contributed by atoms with Crippen LogP contribution in [0.3, 0.4) is 0 Å². The molecular weight excluding hydrogens is 526 g/mol. The molecule has 2 fully saturated rings. The normalized spacial score (nSPS) is 25.9. The Balaban J connectivity index is 1.58. The fourth-order valence-electron chi connectivity index (χ4n) is 6.05. The Bertz CT molecular complexity index is 1110. The molecule has 2 aliphatic heterocycles. The van der Waals surface area contributed by atoms with Crippen molar-refractivity contribution < 1.29 is 29.0 Å². The molecule has 4 atom stereocenters. The first-order valence-electron chi connectivity index (χ1n) is 12.8. The van der Waals surface area contributed by atoms with Crippen molar-refractivity contribution in [1.82, 2.24) is 4.90 Å². The highest BCUT2D eigenvalue weighted by molar-refractivity contribution is 9.10. The minimum atomic E-state index is -0.904. The van der Waals surface area contributed by atoms with Crippen LogP contribution in [0.5, 0.6) is 5.75 Å². The quantitative estimate of drug-likeness (QED) is 0.310. The van der Waals surface area contributed by atoms with Crippen molar-refractivity contribution in [3.05, 3.63) is 45.0 Å². The van der Waals surface area contributed by atoms with Crippen LogP contribution in [-0.2, 0) is 19.1 Å². The van der Waals surface area contributed by atoms with Crippen LogP contribution >= 0.6 is 15.9 Å². The zero-order chi connectivity index (χ0) is 26.0. The molecule has 194 valence electrons. The van der Waals surface area contributed by atoms with E-state index in [0.29, 0.717) is 17.9 Å². The first kappa shape index (κ1) is 26.6. The average molecular weight is 560 g/mol. The lowest BCUT2D eigenvalue weighted by Crippen LogP contribution is -2.38. The van der Waals surface area contributed by atoms with E-state index in [1.165, 1.54) is 18.3 Å². The van der Waals surface area contributed by atoms with Gasteiger partial charge in [0.1, 0.15) is 5.75 Å². The summed E-state index contributed by atoms with van der Waals surface area (Å²) in [5, 5.41) is 10.3. The summed E-state index contributed by atoms with van der Waals surface area (Å²) in [6.07, 6.45) is 6.77. The zero-order valence-electron chi connectivity index (χ0n) is 21.1. The molecule has 1 aliphatic carbocycles. The SMILES string of the molecule is CCCC1=C2[C@@H](CC/C(=C/c3cc(Br)ccc3O)CCC)OC[C@@H]2[C@@H]2C(=O)N(C(=O)OC)C(=O)[C@@H]2C1.